The highest BCUT2D eigenvalue weighted by Gasteiger charge is 2.41. The molecule has 1 spiro atoms. The number of hydrogen-bond donors (Lipinski definition) is 1. The van der Waals surface area contributed by atoms with Crippen LogP contribution in [0.5, 0.6) is 0 Å². The highest BCUT2D eigenvalue weighted by Crippen LogP contribution is 2.40. The molecule has 0 atom stereocenters. The molecule has 2 fully saturated rings. The standard InChI is InChI=1S/C14H19ClN2/c15-12-2-4-13(5-3-12)17-11-1-6-14(17)7-9-16-10-8-14/h2-5,16H,1,6-11H2. The lowest BCUT2D eigenvalue weighted by atomic mass is 9.85. The Bertz CT molecular complexity index is 382. The third-order valence-corrected chi connectivity index (χ3v) is 4.52. The van der Waals surface area contributed by atoms with Crippen LogP contribution in [-0.2, 0) is 0 Å². The minimum absolute atomic E-state index is 0.416. The molecule has 0 aromatic heterocycles. The summed E-state index contributed by atoms with van der Waals surface area (Å²) in [6.45, 7) is 3.51. The molecule has 2 nitrogen and oxygen atoms in total. The van der Waals surface area contributed by atoms with Crippen molar-refractivity contribution in [2.75, 3.05) is 24.5 Å². The van der Waals surface area contributed by atoms with E-state index in [1.165, 1.54) is 37.9 Å². The molecule has 2 heterocycles. The number of halogens is 1. The van der Waals surface area contributed by atoms with Gasteiger partial charge in [-0.15, -0.1) is 0 Å². The van der Waals surface area contributed by atoms with E-state index in [4.69, 9.17) is 11.6 Å². The van der Waals surface area contributed by atoms with Gasteiger partial charge in [0.15, 0.2) is 0 Å². The highest BCUT2D eigenvalue weighted by atomic mass is 35.5. The van der Waals surface area contributed by atoms with Gasteiger partial charge >= 0.3 is 0 Å². The summed E-state index contributed by atoms with van der Waals surface area (Å²) in [5.41, 5.74) is 1.76. The van der Waals surface area contributed by atoms with Crippen LogP contribution in [0, 0.1) is 0 Å². The fourth-order valence-electron chi connectivity index (χ4n) is 3.37. The lowest BCUT2D eigenvalue weighted by Gasteiger charge is -2.43. The normalized spacial score (nSPS) is 23.2. The Kier molecular flexibility index (Phi) is 3.01. The summed E-state index contributed by atoms with van der Waals surface area (Å²) in [6, 6.07) is 8.34. The molecule has 0 unspecified atom stereocenters. The van der Waals surface area contributed by atoms with E-state index in [1.807, 2.05) is 12.1 Å². The van der Waals surface area contributed by atoms with Gasteiger partial charge in [-0.05, 0) is 63.0 Å². The second kappa shape index (κ2) is 4.51. The van der Waals surface area contributed by atoms with Crippen molar-refractivity contribution >= 4 is 17.3 Å². The summed E-state index contributed by atoms with van der Waals surface area (Å²) in [5.74, 6) is 0. The van der Waals surface area contributed by atoms with Crippen LogP contribution < -0.4 is 10.2 Å². The van der Waals surface area contributed by atoms with Gasteiger partial charge in [-0.1, -0.05) is 11.6 Å². The quantitative estimate of drug-likeness (QED) is 0.824. The lowest BCUT2D eigenvalue weighted by molar-refractivity contribution is 0.311. The monoisotopic (exact) mass is 250 g/mol. The number of anilines is 1. The van der Waals surface area contributed by atoms with Crippen LogP contribution in [0.25, 0.3) is 0 Å². The predicted molar refractivity (Wildman–Crippen MR) is 72.9 cm³/mol. The zero-order valence-electron chi connectivity index (χ0n) is 10.1. The van der Waals surface area contributed by atoms with Crippen molar-refractivity contribution in [3.05, 3.63) is 29.3 Å². The van der Waals surface area contributed by atoms with Crippen LogP contribution in [0.2, 0.25) is 5.02 Å². The molecule has 0 aliphatic carbocycles. The van der Waals surface area contributed by atoms with Crippen LogP contribution in [-0.4, -0.2) is 25.2 Å². The summed E-state index contributed by atoms with van der Waals surface area (Å²) in [5, 5.41) is 4.30. The zero-order chi connectivity index (χ0) is 11.7. The molecule has 0 bridgehead atoms. The fraction of sp³-hybridized carbons (Fsp3) is 0.571. The Morgan fingerprint density at radius 1 is 1.06 bits per heavy atom. The Labute approximate surface area is 108 Å². The van der Waals surface area contributed by atoms with Crippen molar-refractivity contribution in [1.29, 1.82) is 0 Å². The van der Waals surface area contributed by atoms with Crippen molar-refractivity contribution in [3.8, 4) is 0 Å². The molecular formula is C14H19ClN2. The third-order valence-electron chi connectivity index (χ3n) is 4.27. The van der Waals surface area contributed by atoms with Crippen molar-refractivity contribution in [2.45, 2.75) is 31.2 Å². The van der Waals surface area contributed by atoms with Gasteiger partial charge in [0.05, 0.1) is 0 Å². The molecule has 2 saturated heterocycles. The molecule has 17 heavy (non-hydrogen) atoms. The van der Waals surface area contributed by atoms with E-state index in [-0.39, 0.29) is 0 Å². The third kappa shape index (κ3) is 2.04. The molecule has 2 aliphatic heterocycles. The van der Waals surface area contributed by atoms with Gasteiger partial charge in [0.1, 0.15) is 0 Å². The number of hydrogen-bond acceptors (Lipinski definition) is 2. The molecule has 2 aliphatic rings. The van der Waals surface area contributed by atoms with E-state index in [2.05, 4.69) is 22.3 Å². The first kappa shape index (κ1) is 11.4. The summed E-state index contributed by atoms with van der Waals surface area (Å²) in [6.07, 6.45) is 5.21. The van der Waals surface area contributed by atoms with Gasteiger partial charge in [-0.25, -0.2) is 0 Å². The largest absolute Gasteiger partial charge is 0.366 e. The fourth-order valence-corrected chi connectivity index (χ4v) is 3.50. The summed E-state index contributed by atoms with van der Waals surface area (Å²) in [4.78, 5) is 2.62. The lowest BCUT2D eigenvalue weighted by Crippen LogP contribution is -2.51. The maximum atomic E-state index is 5.97. The topological polar surface area (TPSA) is 15.3 Å². The van der Waals surface area contributed by atoms with E-state index in [9.17, 15) is 0 Å². The van der Waals surface area contributed by atoms with Crippen LogP contribution in [0.15, 0.2) is 24.3 Å². The molecule has 0 saturated carbocycles. The maximum absolute atomic E-state index is 5.97. The number of nitrogens with one attached hydrogen (secondary N) is 1. The van der Waals surface area contributed by atoms with Crippen molar-refractivity contribution in [3.63, 3.8) is 0 Å². The average molecular weight is 251 g/mol. The Hall–Kier alpha value is -0.730. The van der Waals surface area contributed by atoms with E-state index in [0.29, 0.717) is 5.54 Å². The molecule has 3 rings (SSSR count). The predicted octanol–water partition coefficient (Wildman–Crippen LogP) is 3.06. The summed E-state index contributed by atoms with van der Waals surface area (Å²) < 4.78 is 0. The van der Waals surface area contributed by atoms with Crippen LogP contribution >= 0.6 is 11.6 Å². The molecule has 1 aromatic carbocycles. The van der Waals surface area contributed by atoms with E-state index < -0.39 is 0 Å². The van der Waals surface area contributed by atoms with Crippen molar-refractivity contribution in [2.24, 2.45) is 0 Å². The first-order valence-electron chi connectivity index (χ1n) is 6.54. The van der Waals surface area contributed by atoms with Gasteiger partial charge in [0, 0.05) is 22.8 Å². The minimum atomic E-state index is 0.416. The van der Waals surface area contributed by atoms with Crippen LogP contribution in [0.3, 0.4) is 0 Å². The van der Waals surface area contributed by atoms with Crippen molar-refractivity contribution in [1.82, 2.24) is 5.32 Å². The molecule has 0 radical (unpaired) electrons. The molecule has 92 valence electrons. The van der Waals surface area contributed by atoms with Gasteiger partial charge in [0.25, 0.3) is 0 Å². The first-order valence-corrected chi connectivity index (χ1v) is 6.92. The summed E-state index contributed by atoms with van der Waals surface area (Å²) in [7, 11) is 0. The van der Waals surface area contributed by atoms with Crippen LogP contribution in [0.4, 0.5) is 5.69 Å². The zero-order valence-corrected chi connectivity index (χ0v) is 10.8. The van der Waals surface area contributed by atoms with Crippen LogP contribution in [0.1, 0.15) is 25.7 Å². The van der Waals surface area contributed by atoms with Gasteiger partial charge in [-0.3, -0.25) is 0 Å². The molecule has 1 N–H and O–H groups in total. The van der Waals surface area contributed by atoms with Gasteiger partial charge in [-0.2, -0.15) is 0 Å². The van der Waals surface area contributed by atoms with Crippen molar-refractivity contribution < 1.29 is 0 Å². The summed E-state index contributed by atoms with van der Waals surface area (Å²) >= 11 is 5.97. The van der Waals surface area contributed by atoms with E-state index in [0.717, 1.165) is 18.1 Å². The number of benzene rings is 1. The Morgan fingerprint density at radius 3 is 2.47 bits per heavy atom. The van der Waals surface area contributed by atoms with E-state index in [1.54, 1.807) is 0 Å². The first-order chi connectivity index (χ1) is 8.30. The minimum Gasteiger partial charge on any atom is -0.366 e. The molecule has 1 aromatic rings. The highest BCUT2D eigenvalue weighted by molar-refractivity contribution is 6.30. The van der Waals surface area contributed by atoms with E-state index >= 15 is 0 Å². The Morgan fingerprint density at radius 2 is 1.76 bits per heavy atom. The van der Waals surface area contributed by atoms with Gasteiger partial charge < -0.3 is 10.2 Å². The Balaban J connectivity index is 1.88. The van der Waals surface area contributed by atoms with Gasteiger partial charge in [0.2, 0.25) is 0 Å². The second-order valence-corrected chi connectivity index (χ2v) is 5.64. The smallest absolute Gasteiger partial charge is 0.0427 e. The number of piperidine rings is 1. The molecule has 3 heteroatoms. The average Bonchev–Trinajstić information content (AvgIpc) is 2.75. The maximum Gasteiger partial charge on any atom is 0.0427 e. The molecular weight excluding hydrogens is 232 g/mol. The SMILES string of the molecule is Clc1ccc(N2CCCC23CCNCC3)cc1. The number of rotatable bonds is 1. The molecule has 0 amide bonds. The number of nitrogens with zero attached hydrogens (tertiary/aromatic N) is 1. The second-order valence-electron chi connectivity index (χ2n) is 5.21.